The van der Waals surface area contributed by atoms with Crippen molar-refractivity contribution in [3.8, 4) is 0 Å². The number of carbonyl (C=O) groups is 2. The van der Waals surface area contributed by atoms with E-state index in [1.807, 2.05) is 6.07 Å². The van der Waals surface area contributed by atoms with Crippen LogP contribution in [-0.4, -0.2) is 28.4 Å². The second kappa shape index (κ2) is 6.39. The molecular formula is C12H14BrNO3. The van der Waals surface area contributed by atoms with Crippen LogP contribution in [0.1, 0.15) is 13.3 Å². The molecular weight excluding hydrogens is 286 g/mol. The largest absolute Gasteiger partial charge is 0.480 e. The molecule has 0 saturated heterocycles. The quantitative estimate of drug-likeness (QED) is 0.849. The normalized spacial score (nSPS) is 11.9. The fraction of sp³-hybridized carbons (Fsp3) is 0.333. The monoisotopic (exact) mass is 299 g/mol. The Bertz CT molecular complexity index is 394. The van der Waals surface area contributed by atoms with E-state index in [1.54, 1.807) is 24.3 Å². The van der Waals surface area contributed by atoms with E-state index in [-0.39, 0.29) is 12.3 Å². The molecule has 0 aliphatic rings. The zero-order valence-corrected chi connectivity index (χ0v) is 11.1. The molecule has 92 valence electrons. The average Bonchev–Trinajstić information content (AvgIpc) is 2.31. The molecule has 1 amide bonds. The van der Waals surface area contributed by atoms with Crippen LogP contribution in [0.5, 0.6) is 0 Å². The van der Waals surface area contributed by atoms with Gasteiger partial charge in [-0.25, -0.2) is 4.79 Å². The van der Waals surface area contributed by atoms with E-state index >= 15 is 0 Å². The third kappa shape index (κ3) is 3.56. The van der Waals surface area contributed by atoms with Gasteiger partial charge < -0.3 is 5.11 Å². The SMILES string of the molecule is C[C@@H](C(=O)O)N(C(=O)CCBr)c1ccccc1. The number of nitrogens with zero attached hydrogens (tertiary/aromatic N) is 1. The molecule has 0 bridgehead atoms. The maximum Gasteiger partial charge on any atom is 0.326 e. The van der Waals surface area contributed by atoms with E-state index in [1.165, 1.54) is 11.8 Å². The molecule has 0 aliphatic carbocycles. The van der Waals surface area contributed by atoms with Crippen molar-refractivity contribution in [3.05, 3.63) is 30.3 Å². The summed E-state index contributed by atoms with van der Waals surface area (Å²) in [4.78, 5) is 24.2. The molecule has 0 heterocycles. The van der Waals surface area contributed by atoms with Crippen LogP contribution in [0.2, 0.25) is 0 Å². The van der Waals surface area contributed by atoms with Gasteiger partial charge in [0.25, 0.3) is 0 Å². The summed E-state index contributed by atoms with van der Waals surface area (Å²) < 4.78 is 0. The number of carboxylic acids is 1. The van der Waals surface area contributed by atoms with Crippen molar-refractivity contribution >= 4 is 33.5 Å². The Morgan fingerprint density at radius 3 is 2.41 bits per heavy atom. The smallest absolute Gasteiger partial charge is 0.326 e. The third-order valence-electron chi connectivity index (χ3n) is 2.36. The van der Waals surface area contributed by atoms with Crippen LogP contribution < -0.4 is 4.90 Å². The van der Waals surface area contributed by atoms with Crippen LogP contribution >= 0.6 is 15.9 Å². The lowest BCUT2D eigenvalue weighted by Gasteiger charge is -2.26. The van der Waals surface area contributed by atoms with E-state index in [4.69, 9.17) is 5.11 Å². The van der Waals surface area contributed by atoms with Crippen LogP contribution in [0.3, 0.4) is 0 Å². The number of hydrogen-bond donors (Lipinski definition) is 1. The van der Waals surface area contributed by atoms with Crippen molar-refractivity contribution in [2.45, 2.75) is 19.4 Å². The van der Waals surface area contributed by atoms with Gasteiger partial charge in [0.1, 0.15) is 6.04 Å². The van der Waals surface area contributed by atoms with Gasteiger partial charge in [-0.05, 0) is 19.1 Å². The molecule has 1 rings (SSSR count). The molecule has 0 fully saturated rings. The minimum atomic E-state index is -1.02. The zero-order chi connectivity index (χ0) is 12.8. The number of rotatable bonds is 5. The van der Waals surface area contributed by atoms with Crippen LogP contribution in [0.25, 0.3) is 0 Å². The summed E-state index contributed by atoms with van der Waals surface area (Å²) in [6, 6.07) is 7.96. The Kier molecular flexibility index (Phi) is 5.15. The van der Waals surface area contributed by atoms with Gasteiger partial charge in [0.05, 0.1) is 0 Å². The number of carbonyl (C=O) groups excluding carboxylic acids is 1. The number of alkyl halides is 1. The fourth-order valence-corrected chi connectivity index (χ4v) is 1.82. The van der Waals surface area contributed by atoms with Crippen molar-refractivity contribution in [1.82, 2.24) is 0 Å². The van der Waals surface area contributed by atoms with Crippen LogP contribution in [-0.2, 0) is 9.59 Å². The first kappa shape index (κ1) is 13.7. The van der Waals surface area contributed by atoms with Crippen molar-refractivity contribution in [1.29, 1.82) is 0 Å². The summed E-state index contributed by atoms with van der Waals surface area (Å²) in [6.45, 7) is 1.50. The number of amides is 1. The van der Waals surface area contributed by atoms with Crippen LogP contribution in [0, 0.1) is 0 Å². The van der Waals surface area contributed by atoms with Gasteiger partial charge in [0, 0.05) is 17.4 Å². The molecule has 0 aromatic heterocycles. The standard InChI is InChI=1S/C12H14BrNO3/c1-9(12(16)17)14(11(15)7-8-13)10-5-3-2-4-6-10/h2-6,9H,7-8H2,1H3,(H,16,17)/t9-/m0/s1. The van der Waals surface area contributed by atoms with Crippen LogP contribution in [0.4, 0.5) is 5.69 Å². The lowest BCUT2D eigenvalue weighted by molar-refractivity contribution is -0.139. The summed E-state index contributed by atoms with van der Waals surface area (Å²) in [6.07, 6.45) is 0.270. The predicted octanol–water partition coefficient (Wildman–Crippen LogP) is 2.28. The Hall–Kier alpha value is -1.36. The van der Waals surface area contributed by atoms with E-state index in [0.29, 0.717) is 11.0 Å². The molecule has 1 atom stereocenters. The molecule has 0 spiro atoms. The van der Waals surface area contributed by atoms with Gasteiger partial charge in [0.2, 0.25) is 5.91 Å². The maximum absolute atomic E-state index is 11.9. The maximum atomic E-state index is 11.9. The molecule has 0 saturated carbocycles. The van der Waals surface area contributed by atoms with Gasteiger partial charge in [-0.3, -0.25) is 9.69 Å². The Morgan fingerprint density at radius 2 is 1.94 bits per heavy atom. The highest BCUT2D eigenvalue weighted by molar-refractivity contribution is 9.09. The van der Waals surface area contributed by atoms with Crippen molar-refractivity contribution in [2.24, 2.45) is 0 Å². The molecule has 1 aromatic carbocycles. The molecule has 1 N–H and O–H groups in total. The number of anilines is 1. The number of hydrogen-bond acceptors (Lipinski definition) is 2. The first-order chi connectivity index (χ1) is 8.07. The minimum Gasteiger partial charge on any atom is -0.480 e. The minimum absolute atomic E-state index is 0.206. The molecule has 5 heteroatoms. The summed E-state index contributed by atoms with van der Waals surface area (Å²) in [5, 5.41) is 9.54. The van der Waals surface area contributed by atoms with Gasteiger partial charge in [-0.1, -0.05) is 34.1 Å². The van der Waals surface area contributed by atoms with Crippen molar-refractivity contribution in [2.75, 3.05) is 10.2 Å². The second-order valence-corrected chi connectivity index (χ2v) is 4.35. The highest BCUT2D eigenvalue weighted by Crippen LogP contribution is 2.18. The van der Waals surface area contributed by atoms with Crippen molar-refractivity contribution < 1.29 is 14.7 Å². The van der Waals surface area contributed by atoms with Gasteiger partial charge in [-0.2, -0.15) is 0 Å². The van der Waals surface area contributed by atoms with E-state index in [9.17, 15) is 9.59 Å². The summed E-state index contributed by atoms with van der Waals surface area (Å²) in [5.41, 5.74) is 0.605. The predicted molar refractivity (Wildman–Crippen MR) is 69.4 cm³/mol. The molecule has 0 aliphatic heterocycles. The Balaban J connectivity index is 3.02. The Labute approximate surface area is 108 Å². The molecule has 17 heavy (non-hydrogen) atoms. The highest BCUT2D eigenvalue weighted by atomic mass is 79.9. The molecule has 1 aromatic rings. The van der Waals surface area contributed by atoms with E-state index in [0.717, 1.165) is 0 Å². The number of aliphatic carboxylic acids is 1. The van der Waals surface area contributed by atoms with Gasteiger partial charge in [0.15, 0.2) is 0 Å². The fourth-order valence-electron chi connectivity index (χ4n) is 1.48. The lowest BCUT2D eigenvalue weighted by atomic mass is 10.2. The third-order valence-corrected chi connectivity index (χ3v) is 2.75. The summed E-state index contributed by atoms with van der Waals surface area (Å²) >= 11 is 3.18. The van der Waals surface area contributed by atoms with Crippen LogP contribution in [0.15, 0.2) is 30.3 Å². The number of carboxylic acid groups (broad SMARTS) is 1. The summed E-state index contributed by atoms with van der Waals surface area (Å²) in [7, 11) is 0. The van der Waals surface area contributed by atoms with Gasteiger partial charge >= 0.3 is 5.97 Å². The lowest BCUT2D eigenvalue weighted by Crippen LogP contribution is -2.43. The number of benzene rings is 1. The average molecular weight is 300 g/mol. The second-order valence-electron chi connectivity index (χ2n) is 3.55. The highest BCUT2D eigenvalue weighted by Gasteiger charge is 2.26. The van der Waals surface area contributed by atoms with E-state index < -0.39 is 12.0 Å². The summed E-state index contributed by atoms with van der Waals surface area (Å²) in [5.74, 6) is -1.22. The first-order valence-electron chi connectivity index (χ1n) is 5.23. The number of para-hydroxylation sites is 1. The molecule has 4 nitrogen and oxygen atoms in total. The van der Waals surface area contributed by atoms with Crippen molar-refractivity contribution in [3.63, 3.8) is 0 Å². The molecule has 0 unspecified atom stereocenters. The molecule has 0 radical (unpaired) electrons. The zero-order valence-electron chi connectivity index (χ0n) is 9.47. The van der Waals surface area contributed by atoms with Gasteiger partial charge in [-0.15, -0.1) is 0 Å². The van der Waals surface area contributed by atoms with E-state index in [2.05, 4.69) is 15.9 Å². The first-order valence-corrected chi connectivity index (χ1v) is 6.36. The number of halogens is 1. The topological polar surface area (TPSA) is 57.6 Å². The Morgan fingerprint density at radius 1 is 1.35 bits per heavy atom.